The minimum absolute atomic E-state index is 0.675. The lowest BCUT2D eigenvalue weighted by molar-refractivity contribution is 0.344. The summed E-state index contributed by atoms with van der Waals surface area (Å²) in [6.45, 7) is 0.675. The van der Waals surface area contributed by atoms with Crippen molar-refractivity contribution in [1.29, 1.82) is 0 Å². The van der Waals surface area contributed by atoms with Crippen LogP contribution in [0, 0.1) is 0 Å². The monoisotopic (exact) mass is 392 g/mol. The molecule has 3 rings (SSSR count). The van der Waals surface area contributed by atoms with E-state index in [4.69, 9.17) is 4.74 Å². The Morgan fingerprint density at radius 1 is 1.10 bits per heavy atom. The summed E-state index contributed by atoms with van der Waals surface area (Å²) in [5, 5.41) is 0.835. The molecule has 0 saturated heterocycles. The van der Waals surface area contributed by atoms with Crippen LogP contribution in [0.25, 0.3) is 11.6 Å². The van der Waals surface area contributed by atoms with Crippen LogP contribution in [0.5, 0.6) is 5.75 Å². The summed E-state index contributed by atoms with van der Waals surface area (Å²) in [6, 6.07) is 14.7. The fourth-order valence-corrected chi connectivity index (χ4v) is 3.00. The van der Waals surface area contributed by atoms with Crippen molar-refractivity contribution in [2.45, 2.75) is 6.42 Å². The van der Waals surface area contributed by atoms with Gasteiger partial charge in [-0.05, 0) is 41.3 Å². The molecule has 1 aliphatic carbocycles. The van der Waals surface area contributed by atoms with Crippen LogP contribution in [0.3, 0.4) is 0 Å². The normalized spacial score (nSPS) is 13.0. The number of hydrogen-bond donors (Lipinski definition) is 0. The molecule has 0 aliphatic heterocycles. The second-order valence-corrected chi connectivity index (χ2v) is 6.43. The fraction of sp³-hybridized carbons (Fsp3) is 0.176. The Kier molecular flexibility index (Phi) is 4.27. The Labute approximate surface area is 135 Å². The zero-order valence-corrected chi connectivity index (χ0v) is 14.1. The van der Waals surface area contributed by atoms with E-state index in [0.717, 1.165) is 22.0 Å². The summed E-state index contributed by atoms with van der Waals surface area (Å²) in [5.41, 5.74) is 5.19. The zero-order chi connectivity index (χ0) is 13.9. The second-order valence-electron chi connectivity index (χ2n) is 4.72. The van der Waals surface area contributed by atoms with Crippen LogP contribution in [0.2, 0.25) is 0 Å². The number of halogens is 2. The first kappa shape index (κ1) is 13.9. The molecule has 1 nitrogen and oxygen atoms in total. The number of alkyl halides is 1. The van der Waals surface area contributed by atoms with Crippen molar-refractivity contribution in [3.63, 3.8) is 0 Å². The SMILES string of the molecule is BrCCOc1ccc(Br)cc1C1=Cc2ccccc2C1. The average Bonchev–Trinajstić information content (AvgIpc) is 2.89. The minimum atomic E-state index is 0.675. The van der Waals surface area contributed by atoms with Crippen molar-refractivity contribution in [2.24, 2.45) is 0 Å². The van der Waals surface area contributed by atoms with Crippen molar-refractivity contribution in [3.05, 3.63) is 63.6 Å². The maximum Gasteiger partial charge on any atom is 0.126 e. The van der Waals surface area contributed by atoms with Gasteiger partial charge in [-0.25, -0.2) is 0 Å². The molecule has 3 heteroatoms. The fourth-order valence-electron chi connectivity index (χ4n) is 2.48. The van der Waals surface area contributed by atoms with Gasteiger partial charge in [0.15, 0.2) is 0 Å². The number of hydrogen-bond acceptors (Lipinski definition) is 1. The van der Waals surface area contributed by atoms with Gasteiger partial charge in [0, 0.05) is 15.4 Å². The summed E-state index contributed by atoms with van der Waals surface area (Å²) in [6.07, 6.45) is 3.23. The molecule has 1 aliphatic rings. The van der Waals surface area contributed by atoms with E-state index in [1.807, 2.05) is 12.1 Å². The van der Waals surface area contributed by atoms with Gasteiger partial charge in [-0.1, -0.05) is 62.2 Å². The third-order valence-electron chi connectivity index (χ3n) is 3.39. The van der Waals surface area contributed by atoms with Gasteiger partial charge in [0.1, 0.15) is 5.75 Å². The van der Waals surface area contributed by atoms with Crippen LogP contribution in [-0.4, -0.2) is 11.9 Å². The molecule has 0 spiro atoms. The number of allylic oxidation sites excluding steroid dienone is 1. The molecule has 0 fully saturated rings. The maximum atomic E-state index is 5.84. The lowest BCUT2D eigenvalue weighted by Gasteiger charge is -2.12. The highest BCUT2D eigenvalue weighted by molar-refractivity contribution is 9.10. The molecular weight excluding hydrogens is 380 g/mol. The van der Waals surface area contributed by atoms with E-state index in [2.05, 4.69) is 68.3 Å². The van der Waals surface area contributed by atoms with E-state index < -0.39 is 0 Å². The van der Waals surface area contributed by atoms with Crippen molar-refractivity contribution >= 4 is 43.5 Å². The van der Waals surface area contributed by atoms with Crippen molar-refractivity contribution in [2.75, 3.05) is 11.9 Å². The first-order chi connectivity index (χ1) is 9.78. The maximum absolute atomic E-state index is 5.84. The van der Waals surface area contributed by atoms with Gasteiger partial charge in [-0.3, -0.25) is 0 Å². The third kappa shape index (κ3) is 2.84. The van der Waals surface area contributed by atoms with E-state index in [9.17, 15) is 0 Å². The largest absolute Gasteiger partial charge is 0.492 e. The summed E-state index contributed by atoms with van der Waals surface area (Å²) < 4.78 is 6.92. The van der Waals surface area contributed by atoms with Gasteiger partial charge in [0.05, 0.1) is 6.61 Å². The van der Waals surface area contributed by atoms with Crippen LogP contribution in [0.15, 0.2) is 46.9 Å². The molecule has 0 aromatic heterocycles. The molecule has 0 unspecified atom stereocenters. The van der Waals surface area contributed by atoms with Gasteiger partial charge in [-0.15, -0.1) is 0 Å². The van der Waals surface area contributed by atoms with Gasteiger partial charge < -0.3 is 4.74 Å². The average molecular weight is 394 g/mol. The molecule has 0 amide bonds. The first-order valence-corrected chi connectivity index (χ1v) is 8.46. The van der Waals surface area contributed by atoms with E-state index in [1.54, 1.807) is 0 Å². The Hall–Kier alpha value is -1.06. The summed E-state index contributed by atoms with van der Waals surface area (Å²) in [5.74, 6) is 0.951. The Morgan fingerprint density at radius 2 is 1.95 bits per heavy atom. The summed E-state index contributed by atoms with van der Waals surface area (Å²) in [4.78, 5) is 0. The molecule has 2 aromatic carbocycles. The van der Waals surface area contributed by atoms with Crippen LogP contribution >= 0.6 is 31.9 Å². The Balaban J connectivity index is 1.97. The molecule has 0 radical (unpaired) electrons. The van der Waals surface area contributed by atoms with Crippen LogP contribution in [-0.2, 0) is 6.42 Å². The van der Waals surface area contributed by atoms with Crippen molar-refractivity contribution < 1.29 is 4.74 Å². The molecule has 0 heterocycles. The van der Waals surface area contributed by atoms with Gasteiger partial charge in [-0.2, -0.15) is 0 Å². The van der Waals surface area contributed by atoms with Crippen LogP contribution in [0.4, 0.5) is 0 Å². The molecule has 0 bridgehead atoms. The zero-order valence-electron chi connectivity index (χ0n) is 10.9. The molecule has 0 N–H and O–H groups in total. The summed E-state index contributed by atoms with van der Waals surface area (Å²) >= 11 is 6.96. The van der Waals surface area contributed by atoms with Gasteiger partial charge in [0.2, 0.25) is 0 Å². The Bertz CT molecular complexity index is 662. The van der Waals surface area contributed by atoms with E-state index >= 15 is 0 Å². The highest BCUT2D eigenvalue weighted by atomic mass is 79.9. The Morgan fingerprint density at radius 3 is 2.75 bits per heavy atom. The van der Waals surface area contributed by atoms with Crippen molar-refractivity contribution in [3.8, 4) is 5.75 Å². The van der Waals surface area contributed by atoms with Crippen molar-refractivity contribution in [1.82, 2.24) is 0 Å². The molecule has 20 heavy (non-hydrogen) atoms. The topological polar surface area (TPSA) is 9.23 Å². The van der Waals surface area contributed by atoms with Gasteiger partial charge in [0.25, 0.3) is 0 Å². The first-order valence-electron chi connectivity index (χ1n) is 6.55. The highest BCUT2D eigenvalue weighted by Gasteiger charge is 2.17. The number of benzene rings is 2. The number of fused-ring (bicyclic) bond motifs is 1. The van der Waals surface area contributed by atoms with Crippen LogP contribution < -0.4 is 4.74 Å². The predicted molar refractivity (Wildman–Crippen MR) is 91.4 cm³/mol. The molecular formula is C17H14Br2O. The second kappa shape index (κ2) is 6.15. The lowest BCUT2D eigenvalue weighted by Crippen LogP contribution is -2.01. The van der Waals surface area contributed by atoms with Crippen LogP contribution in [0.1, 0.15) is 16.7 Å². The van der Waals surface area contributed by atoms with E-state index in [0.29, 0.717) is 6.61 Å². The summed E-state index contributed by atoms with van der Waals surface area (Å²) in [7, 11) is 0. The number of ether oxygens (including phenoxy) is 1. The quantitative estimate of drug-likeness (QED) is 0.638. The van der Waals surface area contributed by atoms with E-state index in [-0.39, 0.29) is 0 Å². The minimum Gasteiger partial charge on any atom is -0.492 e. The molecule has 2 aromatic rings. The van der Waals surface area contributed by atoms with E-state index in [1.165, 1.54) is 22.3 Å². The third-order valence-corrected chi connectivity index (χ3v) is 4.21. The highest BCUT2D eigenvalue weighted by Crippen LogP contribution is 2.37. The molecule has 0 atom stereocenters. The lowest BCUT2D eigenvalue weighted by atomic mass is 10.0. The van der Waals surface area contributed by atoms with Gasteiger partial charge >= 0.3 is 0 Å². The molecule has 102 valence electrons. The smallest absolute Gasteiger partial charge is 0.126 e. The molecule has 0 saturated carbocycles. The number of rotatable bonds is 4. The predicted octanol–water partition coefficient (Wildman–Crippen LogP) is 5.32. The standard InChI is InChI=1S/C17H14Br2O/c18-7-8-20-17-6-5-15(19)11-16(17)14-9-12-3-1-2-4-13(12)10-14/h1-6,9,11H,7-8,10H2.